The predicted octanol–water partition coefficient (Wildman–Crippen LogP) is -0.138. The minimum atomic E-state index is 0.153. The Hall–Kier alpha value is -1.43. The molecule has 18 heavy (non-hydrogen) atoms. The van der Waals surface area contributed by atoms with E-state index in [1.165, 1.54) is 0 Å². The van der Waals surface area contributed by atoms with Crippen molar-refractivity contribution in [2.24, 2.45) is 13.0 Å². The van der Waals surface area contributed by atoms with E-state index >= 15 is 0 Å². The average Bonchev–Trinajstić information content (AvgIpc) is 2.75. The summed E-state index contributed by atoms with van der Waals surface area (Å²) >= 11 is 0. The molecule has 0 aromatic carbocycles. The molecule has 1 saturated heterocycles. The first-order valence-electron chi connectivity index (χ1n) is 6.51. The lowest BCUT2D eigenvalue weighted by Crippen LogP contribution is -2.42. The maximum absolute atomic E-state index is 12.0. The molecule has 2 N–H and O–H groups in total. The minimum absolute atomic E-state index is 0.153. The Balaban J connectivity index is 1.73. The molecule has 2 rings (SSSR count). The summed E-state index contributed by atoms with van der Waals surface area (Å²) in [6, 6.07) is 0.438. The smallest absolute Gasteiger partial charge is 0.223 e. The zero-order chi connectivity index (χ0) is 13.0. The van der Waals surface area contributed by atoms with Gasteiger partial charge in [-0.3, -0.25) is 4.79 Å². The summed E-state index contributed by atoms with van der Waals surface area (Å²) in [5, 5.41) is 14.1. The number of hydrogen-bond donors (Lipinski definition) is 2. The summed E-state index contributed by atoms with van der Waals surface area (Å²) in [6.07, 6.45) is 4.25. The molecule has 1 amide bonds. The molecule has 0 saturated carbocycles. The van der Waals surface area contributed by atoms with Gasteiger partial charge in [-0.1, -0.05) is 0 Å². The van der Waals surface area contributed by atoms with Gasteiger partial charge in [0.1, 0.15) is 12.2 Å². The Bertz CT molecular complexity index is 403. The molecule has 1 aliphatic rings. The summed E-state index contributed by atoms with van der Waals surface area (Å²) in [7, 11) is 1.91. The van der Waals surface area contributed by atoms with Gasteiger partial charge in [0.2, 0.25) is 5.91 Å². The first-order chi connectivity index (χ1) is 8.66. The van der Waals surface area contributed by atoms with Crippen LogP contribution in [0, 0.1) is 5.92 Å². The molecule has 0 spiro atoms. The van der Waals surface area contributed by atoms with E-state index < -0.39 is 0 Å². The average molecular weight is 251 g/mol. The quantitative estimate of drug-likeness (QED) is 0.781. The maximum Gasteiger partial charge on any atom is 0.223 e. The van der Waals surface area contributed by atoms with Crippen molar-refractivity contribution < 1.29 is 4.79 Å². The third-order valence-corrected chi connectivity index (χ3v) is 3.45. The number of carbonyl (C=O) groups is 1. The fraction of sp³-hybridized carbons (Fsp3) is 0.750. The van der Waals surface area contributed by atoms with Crippen molar-refractivity contribution in [1.29, 1.82) is 0 Å². The van der Waals surface area contributed by atoms with Crippen molar-refractivity contribution in [3.63, 3.8) is 0 Å². The van der Waals surface area contributed by atoms with Gasteiger partial charge in [0.25, 0.3) is 0 Å². The van der Waals surface area contributed by atoms with Crippen LogP contribution in [-0.4, -0.2) is 39.8 Å². The van der Waals surface area contributed by atoms with Crippen molar-refractivity contribution in [2.45, 2.75) is 32.2 Å². The molecule has 6 heteroatoms. The van der Waals surface area contributed by atoms with Gasteiger partial charge in [0.15, 0.2) is 0 Å². The fourth-order valence-corrected chi connectivity index (χ4v) is 2.35. The summed E-state index contributed by atoms with van der Waals surface area (Å²) in [6.45, 7) is 3.69. The number of piperidine rings is 1. The molecule has 6 nitrogen and oxygen atoms in total. The standard InChI is InChI=1S/C12H21N5O/c1-9-7-10(3-5-13-9)12(18)14-6-4-11-16-15-8-17(11)2/h8-10,13H,3-7H2,1-2H3,(H,14,18). The van der Waals surface area contributed by atoms with Gasteiger partial charge in [-0.15, -0.1) is 10.2 Å². The van der Waals surface area contributed by atoms with Crippen molar-refractivity contribution in [1.82, 2.24) is 25.4 Å². The van der Waals surface area contributed by atoms with Crippen LogP contribution in [0.3, 0.4) is 0 Å². The second-order valence-corrected chi connectivity index (χ2v) is 4.98. The van der Waals surface area contributed by atoms with E-state index in [1.807, 2.05) is 11.6 Å². The van der Waals surface area contributed by atoms with E-state index in [0.717, 1.165) is 31.6 Å². The lowest BCUT2D eigenvalue weighted by atomic mass is 9.92. The molecule has 0 aliphatic carbocycles. The number of aromatic nitrogens is 3. The lowest BCUT2D eigenvalue weighted by molar-refractivity contribution is -0.126. The zero-order valence-corrected chi connectivity index (χ0v) is 11.0. The summed E-state index contributed by atoms with van der Waals surface area (Å²) in [4.78, 5) is 12.0. The highest BCUT2D eigenvalue weighted by atomic mass is 16.1. The molecule has 0 radical (unpaired) electrons. The normalized spacial score (nSPS) is 23.9. The monoisotopic (exact) mass is 251 g/mol. The van der Waals surface area contributed by atoms with Gasteiger partial charge in [0, 0.05) is 32.0 Å². The minimum Gasteiger partial charge on any atom is -0.355 e. The second kappa shape index (κ2) is 5.95. The number of aryl methyl sites for hydroxylation is 1. The van der Waals surface area contributed by atoms with Crippen LogP contribution in [0.5, 0.6) is 0 Å². The van der Waals surface area contributed by atoms with E-state index in [4.69, 9.17) is 0 Å². The molecule has 2 atom stereocenters. The number of nitrogens with zero attached hydrogens (tertiary/aromatic N) is 3. The number of carbonyl (C=O) groups excluding carboxylic acids is 1. The number of amides is 1. The molecule has 1 aromatic heterocycles. The van der Waals surface area contributed by atoms with E-state index in [0.29, 0.717) is 12.6 Å². The third kappa shape index (κ3) is 3.29. The van der Waals surface area contributed by atoms with Crippen molar-refractivity contribution in [3.05, 3.63) is 12.2 Å². The van der Waals surface area contributed by atoms with Crippen LogP contribution in [-0.2, 0) is 18.3 Å². The molecular formula is C12H21N5O. The largest absolute Gasteiger partial charge is 0.355 e. The molecule has 2 unspecified atom stereocenters. The highest BCUT2D eigenvalue weighted by molar-refractivity contribution is 5.78. The van der Waals surface area contributed by atoms with Crippen LogP contribution in [0.1, 0.15) is 25.6 Å². The predicted molar refractivity (Wildman–Crippen MR) is 67.9 cm³/mol. The molecule has 100 valence electrons. The summed E-state index contributed by atoms with van der Waals surface area (Å²) in [5.74, 6) is 1.22. The lowest BCUT2D eigenvalue weighted by Gasteiger charge is -2.27. The van der Waals surface area contributed by atoms with Crippen LogP contribution in [0.15, 0.2) is 6.33 Å². The maximum atomic E-state index is 12.0. The van der Waals surface area contributed by atoms with Crippen molar-refractivity contribution >= 4 is 5.91 Å². The number of hydrogen-bond acceptors (Lipinski definition) is 4. The van der Waals surface area contributed by atoms with Gasteiger partial charge < -0.3 is 15.2 Å². The van der Waals surface area contributed by atoms with Crippen LogP contribution < -0.4 is 10.6 Å². The second-order valence-electron chi connectivity index (χ2n) is 4.98. The van der Waals surface area contributed by atoms with Gasteiger partial charge in [-0.2, -0.15) is 0 Å². The van der Waals surface area contributed by atoms with Crippen LogP contribution in [0.25, 0.3) is 0 Å². The van der Waals surface area contributed by atoms with Gasteiger partial charge >= 0.3 is 0 Å². The van der Waals surface area contributed by atoms with Gasteiger partial charge in [-0.25, -0.2) is 0 Å². The number of nitrogens with one attached hydrogen (secondary N) is 2. The Morgan fingerprint density at radius 1 is 1.67 bits per heavy atom. The number of rotatable bonds is 4. The van der Waals surface area contributed by atoms with Crippen LogP contribution in [0.2, 0.25) is 0 Å². The molecule has 1 aromatic rings. The zero-order valence-electron chi connectivity index (χ0n) is 11.0. The van der Waals surface area contributed by atoms with E-state index in [1.54, 1.807) is 6.33 Å². The molecule has 2 heterocycles. The highest BCUT2D eigenvalue weighted by Gasteiger charge is 2.24. The van der Waals surface area contributed by atoms with Crippen molar-refractivity contribution in [3.8, 4) is 0 Å². The topological polar surface area (TPSA) is 71.8 Å². The summed E-state index contributed by atoms with van der Waals surface area (Å²) in [5.41, 5.74) is 0. The Kier molecular flexibility index (Phi) is 4.30. The highest BCUT2D eigenvalue weighted by Crippen LogP contribution is 2.15. The Labute approximate surface area is 107 Å². The van der Waals surface area contributed by atoms with Crippen LogP contribution >= 0.6 is 0 Å². The Morgan fingerprint density at radius 2 is 2.50 bits per heavy atom. The summed E-state index contributed by atoms with van der Waals surface area (Å²) < 4.78 is 1.87. The third-order valence-electron chi connectivity index (χ3n) is 3.45. The van der Waals surface area contributed by atoms with E-state index in [-0.39, 0.29) is 11.8 Å². The van der Waals surface area contributed by atoms with Gasteiger partial charge in [-0.05, 0) is 26.3 Å². The van der Waals surface area contributed by atoms with E-state index in [2.05, 4.69) is 27.8 Å². The van der Waals surface area contributed by atoms with Crippen LogP contribution in [0.4, 0.5) is 0 Å². The molecular weight excluding hydrogens is 230 g/mol. The van der Waals surface area contributed by atoms with Crippen molar-refractivity contribution in [2.75, 3.05) is 13.1 Å². The van der Waals surface area contributed by atoms with Gasteiger partial charge in [0.05, 0.1) is 0 Å². The Morgan fingerprint density at radius 3 is 3.17 bits per heavy atom. The molecule has 1 aliphatic heterocycles. The fourth-order valence-electron chi connectivity index (χ4n) is 2.35. The first kappa shape index (κ1) is 13.0. The SMILES string of the molecule is CC1CC(C(=O)NCCc2nncn2C)CCN1. The molecule has 1 fully saturated rings. The van der Waals surface area contributed by atoms with E-state index in [9.17, 15) is 4.79 Å². The first-order valence-corrected chi connectivity index (χ1v) is 6.51. The molecule has 0 bridgehead atoms.